The number of nitrogens with two attached hydrogens (primary N) is 1. The molecule has 2 rings (SSSR count). The summed E-state index contributed by atoms with van der Waals surface area (Å²) < 4.78 is 26.1. The lowest BCUT2D eigenvalue weighted by Gasteiger charge is -2.21. The maximum atomic E-state index is 12.5. The second kappa shape index (κ2) is 5.41. The minimum Gasteiger partial charge on any atom is -0.368 e. The van der Waals surface area contributed by atoms with Crippen molar-refractivity contribution < 1.29 is 18.1 Å². The molecule has 1 aromatic rings. The molecule has 1 heterocycles. The van der Waals surface area contributed by atoms with E-state index in [1.165, 1.54) is 19.1 Å². The minimum atomic E-state index is -3.89. The van der Waals surface area contributed by atoms with Gasteiger partial charge in [0.05, 0.1) is 9.82 Å². The number of benzene rings is 1. The maximum Gasteiger partial charge on any atom is 0.272 e. The van der Waals surface area contributed by atoms with E-state index in [0.717, 1.165) is 10.4 Å². The van der Waals surface area contributed by atoms with E-state index in [0.29, 0.717) is 12.8 Å². The number of nitro benzene ring substituents is 1. The average Bonchev–Trinajstić information content (AvgIpc) is 2.88. The van der Waals surface area contributed by atoms with E-state index in [-0.39, 0.29) is 22.7 Å². The summed E-state index contributed by atoms with van der Waals surface area (Å²) in [6.07, 6.45) is 0.944. The van der Waals surface area contributed by atoms with Gasteiger partial charge in [-0.1, -0.05) is 0 Å². The quantitative estimate of drug-likeness (QED) is 0.642. The van der Waals surface area contributed by atoms with Gasteiger partial charge < -0.3 is 5.73 Å². The summed E-state index contributed by atoms with van der Waals surface area (Å²) >= 11 is 0. The average molecular weight is 313 g/mol. The lowest BCUT2D eigenvalue weighted by atomic mass is 10.2. The second-order valence-corrected chi connectivity index (χ2v) is 6.77. The van der Waals surface area contributed by atoms with Gasteiger partial charge in [0, 0.05) is 18.2 Å². The summed E-state index contributed by atoms with van der Waals surface area (Å²) in [6.45, 7) is 1.68. The third-order valence-corrected chi connectivity index (χ3v) is 5.41. The van der Waals surface area contributed by atoms with Crippen molar-refractivity contribution in [2.75, 3.05) is 6.54 Å². The highest BCUT2D eigenvalue weighted by molar-refractivity contribution is 7.89. The van der Waals surface area contributed by atoms with Crippen LogP contribution in [0.4, 0.5) is 5.69 Å². The van der Waals surface area contributed by atoms with Crippen LogP contribution < -0.4 is 5.73 Å². The molecule has 1 saturated heterocycles. The largest absolute Gasteiger partial charge is 0.368 e. The van der Waals surface area contributed by atoms with E-state index in [4.69, 9.17) is 5.73 Å². The van der Waals surface area contributed by atoms with Crippen LogP contribution in [-0.4, -0.2) is 36.1 Å². The van der Waals surface area contributed by atoms with Crippen molar-refractivity contribution in [1.82, 2.24) is 4.31 Å². The van der Waals surface area contributed by atoms with Crippen LogP contribution in [0.3, 0.4) is 0 Å². The molecule has 1 unspecified atom stereocenters. The van der Waals surface area contributed by atoms with Gasteiger partial charge in [-0.15, -0.1) is 0 Å². The second-order valence-electron chi connectivity index (χ2n) is 4.88. The topological polar surface area (TPSA) is 124 Å². The molecule has 0 spiro atoms. The van der Waals surface area contributed by atoms with Crippen molar-refractivity contribution >= 4 is 21.6 Å². The van der Waals surface area contributed by atoms with E-state index in [2.05, 4.69) is 0 Å². The molecule has 1 amide bonds. The Morgan fingerprint density at radius 2 is 2.14 bits per heavy atom. The molecule has 1 atom stereocenters. The maximum absolute atomic E-state index is 12.5. The van der Waals surface area contributed by atoms with Gasteiger partial charge in [0.2, 0.25) is 15.9 Å². The van der Waals surface area contributed by atoms with Crippen molar-refractivity contribution in [1.29, 1.82) is 0 Å². The number of rotatable bonds is 4. The van der Waals surface area contributed by atoms with E-state index >= 15 is 0 Å². The van der Waals surface area contributed by atoms with Crippen molar-refractivity contribution in [3.8, 4) is 0 Å². The molecular weight excluding hydrogens is 298 g/mol. The van der Waals surface area contributed by atoms with Crippen LogP contribution in [0.2, 0.25) is 0 Å². The SMILES string of the molecule is Cc1cc(S(=O)(=O)N2CCCC2C(N)=O)ccc1[N+](=O)[O-]. The molecule has 1 aromatic carbocycles. The van der Waals surface area contributed by atoms with Crippen molar-refractivity contribution in [2.24, 2.45) is 5.73 Å². The Balaban J connectivity index is 2.43. The van der Waals surface area contributed by atoms with Gasteiger partial charge in [0.15, 0.2) is 0 Å². The molecule has 0 saturated carbocycles. The van der Waals surface area contributed by atoms with E-state index in [1.54, 1.807) is 0 Å². The van der Waals surface area contributed by atoms with Crippen LogP contribution >= 0.6 is 0 Å². The highest BCUT2D eigenvalue weighted by atomic mass is 32.2. The normalized spacial score (nSPS) is 19.6. The Morgan fingerprint density at radius 1 is 1.48 bits per heavy atom. The summed E-state index contributed by atoms with van der Waals surface area (Å²) in [6, 6.07) is 2.71. The number of nitrogens with zero attached hydrogens (tertiary/aromatic N) is 2. The van der Waals surface area contributed by atoms with Crippen LogP contribution in [0.15, 0.2) is 23.1 Å². The summed E-state index contributed by atoms with van der Waals surface area (Å²) in [5.74, 6) is -0.685. The van der Waals surface area contributed by atoms with Gasteiger partial charge in [-0.2, -0.15) is 4.31 Å². The fourth-order valence-electron chi connectivity index (χ4n) is 2.44. The number of sulfonamides is 1. The molecule has 114 valence electrons. The van der Waals surface area contributed by atoms with Crippen molar-refractivity contribution in [3.63, 3.8) is 0 Å². The molecule has 9 heteroatoms. The monoisotopic (exact) mass is 313 g/mol. The summed E-state index contributed by atoms with van der Waals surface area (Å²) in [5, 5.41) is 10.8. The molecule has 1 aliphatic rings. The first-order chi connectivity index (χ1) is 9.75. The fourth-order valence-corrected chi connectivity index (χ4v) is 4.19. The summed E-state index contributed by atoms with van der Waals surface area (Å²) in [5.41, 5.74) is 5.32. The number of amides is 1. The zero-order valence-electron chi connectivity index (χ0n) is 11.4. The Morgan fingerprint density at radius 3 is 2.67 bits per heavy atom. The molecule has 0 radical (unpaired) electrons. The molecule has 2 N–H and O–H groups in total. The van der Waals surface area contributed by atoms with E-state index < -0.39 is 26.9 Å². The van der Waals surface area contributed by atoms with Gasteiger partial charge in [0.1, 0.15) is 6.04 Å². The molecule has 0 aromatic heterocycles. The number of primary amides is 1. The van der Waals surface area contributed by atoms with Crippen LogP contribution in [0.25, 0.3) is 0 Å². The smallest absolute Gasteiger partial charge is 0.272 e. The van der Waals surface area contributed by atoms with Crippen molar-refractivity contribution in [2.45, 2.75) is 30.7 Å². The Labute approximate surface area is 121 Å². The molecule has 21 heavy (non-hydrogen) atoms. The van der Waals surface area contributed by atoms with Crippen LogP contribution in [-0.2, 0) is 14.8 Å². The van der Waals surface area contributed by atoms with Gasteiger partial charge >= 0.3 is 0 Å². The van der Waals surface area contributed by atoms with Gasteiger partial charge in [0.25, 0.3) is 5.69 Å². The predicted molar refractivity (Wildman–Crippen MR) is 73.9 cm³/mol. The van der Waals surface area contributed by atoms with Gasteiger partial charge in [-0.05, 0) is 31.9 Å². The first-order valence-corrected chi connectivity index (χ1v) is 7.75. The summed E-state index contributed by atoms with van der Waals surface area (Å²) in [4.78, 5) is 21.4. The molecule has 0 aliphatic carbocycles. The number of nitro groups is 1. The molecular formula is C12H15N3O5S. The fraction of sp³-hybridized carbons (Fsp3) is 0.417. The molecule has 1 aliphatic heterocycles. The number of carbonyl (C=O) groups excluding carboxylic acids is 1. The van der Waals surface area contributed by atoms with Gasteiger partial charge in [-0.3, -0.25) is 14.9 Å². The number of carbonyl (C=O) groups is 1. The molecule has 0 bridgehead atoms. The lowest BCUT2D eigenvalue weighted by Crippen LogP contribution is -2.43. The lowest BCUT2D eigenvalue weighted by molar-refractivity contribution is -0.385. The third kappa shape index (κ3) is 2.74. The molecule has 8 nitrogen and oxygen atoms in total. The van der Waals surface area contributed by atoms with E-state index in [1.807, 2.05) is 0 Å². The molecule has 1 fully saturated rings. The van der Waals surface area contributed by atoms with Crippen LogP contribution in [0, 0.1) is 17.0 Å². The number of hydrogen-bond donors (Lipinski definition) is 1. The van der Waals surface area contributed by atoms with Crippen LogP contribution in [0.1, 0.15) is 18.4 Å². The number of aryl methyl sites for hydroxylation is 1. The van der Waals surface area contributed by atoms with Crippen LogP contribution in [0.5, 0.6) is 0 Å². The predicted octanol–water partition coefficient (Wildman–Crippen LogP) is 0.542. The third-order valence-electron chi connectivity index (χ3n) is 3.50. The number of hydrogen-bond acceptors (Lipinski definition) is 5. The van der Waals surface area contributed by atoms with Gasteiger partial charge in [-0.25, -0.2) is 8.42 Å². The van der Waals surface area contributed by atoms with Crippen molar-refractivity contribution in [3.05, 3.63) is 33.9 Å². The summed E-state index contributed by atoms with van der Waals surface area (Å²) in [7, 11) is -3.89. The highest BCUT2D eigenvalue weighted by Gasteiger charge is 2.38. The zero-order valence-corrected chi connectivity index (χ0v) is 12.2. The Hall–Kier alpha value is -2.00. The first-order valence-electron chi connectivity index (χ1n) is 6.31. The minimum absolute atomic E-state index is 0.0706. The highest BCUT2D eigenvalue weighted by Crippen LogP contribution is 2.28. The zero-order chi connectivity index (χ0) is 15.8. The first kappa shape index (κ1) is 15.4. The standard InChI is InChI=1S/C12H15N3O5S/c1-8-7-9(4-5-10(8)15(17)18)21(19,20)14-6-2-3-11(14)12(13)16/h4-5,7,11H,2-3,6H2,1H3,(H2,13,16). The van der Waals surface area contributed by atoms with E-state index in [9.17, 15) is 23.3 Å². The Bertz CT molecular complexity index is 701. The Kier molecular flexibility index (Phi) is 3.97.